The Balaban J connectivity index is 1.92. The van der Waals surface area contributed by atoms with Crippen LogP contribution >= 0.6 is 0 Å². The van der Waals surface area contributed by atoms with Crippen LogP contribution in [-0.4, -0.2) is 43.5 Å². The maximum atomic E-state index is 6.08. The van der Waals surface area contributed by atoms with Gasteiger partial charge in [-0.3, -0.25) is 4.99 Å². The topological polar surface area (TPSA) is 71.7 Å². The molecule has 0 saturated carbocycles. The van der Waals surface area contributed by atoms with E-state index in [1.807, 2.05) is 13.8 Å². The van der Waals surface area contributed by atoms with Crippen molar-refractivity contribution in [2.75, 3.05) is 26.2 Å². The summed E-state index contributed by atoms with van der Waals surface area (Å²) < 4.78 is 11.3. The molecular formula is C20H36N4O2. The number of aromatic nitrogens is 1. The molecule has 0 amide bonds. The quantitative estimate of drug-likeness (QED) is 0.599. The molecule has 0 spiro atoms. The lowest BCUT2D eigenvalue weighted by Gasteiger charge is -2.39. The number of nitrogens with zero attached hydrogens (tertiary/aromatic N) is 2. The highest BCUT2D eigenvalue weighted by Crippen LogP contribution is 2.34. The lowest BCUT2D eigenvalue weighted by atomic mass is 9.78. The maximum absolute atomic E-state index is 6.08. The Morgan fingerprint density at radius 3 is 2.65 bits per heavy atom. The molecule has 1 aliphatic heterocycles. The van der Waals surface area contributed by atoms with Crippen molar-refractivity contribution in [3.63, 3.8) is 0 Å². The minimum Gasteiger partial charge on any atom is -0.377 e. The van der Waals surface area contributed by atoms with Crippen LogP contribution < -0.4 is 10.6 Å². The number of aliphatic imine (C=N–C) groups is 1. The standard InChI is InChI=1S/C20H36N4O2/c1-7-21-19(22-11-10-17-14(2)24-26-15(17)3)23-13-16-9-8-12-25-18(16)20(4,5)6/h16,18H,7-13H2,1-6H3,(H2,21,22,23). The van der Waals surface area contributed by atoms with E-state index in [1.165, 1.54) is 12.0 Å². The molecule has 2 unspecified atom stereocenters. The Bertz CT molecular complexity index is 570. The number of nitrogens with one attached hydrogen (secondary N) is 2. The summed E-state index contributed by atoms with van der Waals surface area (Å²) in [5, 5.41) is 10.8. The van der Waals surface area contributed by atoms with E-state index in [9.17, 15) is 0 Å². The molecule has 1 fully saturated rings. The zero-order chi connectivity index (χ0) is 19.2. The molecule has 0 radical (unpaired) electrons. The predicted molar refractivity (Wildman–Crippen MR) is 106 cm³/mol. The molecule has 0 bridgehead atoms. The Morgan fingerprint density at radius 2 is 2.04 bits per heavy atom. The van der Waals surface area contributed by atoms with E-state index in [0.717, 1.165) is 56.5 Å². The van der Waals surface area contributed by atoms with Crippen LogP contribution in [0.1, 0.15) is 57.6 Å². The third kappa shape index (κ3) is 5.73. The van der Waals surface area contributed by atoms with E-state index in [-0.39, 0.29) is 11.5 Å². The number of ether oxygens (including phenoxy) is 1. The predicted octanol–water partition coefficient (Wildman–Crippen LogP) is 3.23. The molecule has 6 nitrogen and oxygen atoms in total. The highest BCUT2D eigenvalue weighted by molar-refractivity contribution is 5.79. The van der Waals surface area contributed by atoms with Crippen molar-refractivity contribution in [2.45, 2.75) is 66.9 Å². The highest BCUT2D eigenvalue weighted by atomic mass is 16.5. The average molecular weight is 365 g/mol. The zero-order valence-electron chi connectivity index (χ0n) is 17.3. The monoisotopic (exact) mass is 364 g/mol. The van der Waals surface area contributed by atoms with Crippen molar-refractivity contribution < 1.29 is 9.26 Å². The molecule has 6 heteroatoms. The highest BCUT2D eigenvalue weighted by Gasteiger charge is 2.35. The second kappa shape index (κ2) is 9.40. The fourth-order valence-corrected chi connectivity index (χ4v) is 3.70. The summed E-state index contributed by atoms with van der Waals surface area (Å²) in [6.45, 7) is 16.1. The molecule has 1 aromatic heterocycles. The Labute approximate surface area is 158 Å². The van der Waals surface area contributed by atoms with Crippen molar-refractivity contribution in [1.29, 1.82) is 0 Å². The fourth-order valence-electron chi connectivity index (χ4n) is 3.70. The second-order valence-electron chi connectivity index (χ2n) is 8.26. The summed E-state index contributed by atoms with van der Waals surface area (Å²) in [5.74, 6) is 2.25. The minimum atomic E-state index is 0.149. The number of hydrogen-bond acceptors (Lipinski definition) is 4. The van der Waals surface area contributed by atoms with Gasteiger partial charge in [0.2, 0.25) is 0 Å². The van der Waals surface area contributed by atoms with E-state index in [4.69, 9.17) is 14.3 Å². The van der Waals surface area contributed by atoms with Crippen molar-refractivity contribution in [3.05, 3.63) is 17.0 Å². The van der Waals surface area contributed by atoms with E-state index < -0.39 is 0 Å². The van der Waals surface area contributed by atoms with Crippen molar-refractivity contribution in [2.24, 2.45) is 16.3 Å². The molecule has 0 aliphatic carbocycles. The van der Waals surface area contributed by atoms with Crippen LogP contribution in [0.3, 0.4) is 0 Å². The van der Waals surface area contributed by atoms with Crippen LogP contribution in [0.15, 0.2) is 9.52 Å². The van der Waals surface area contributed by atoms with E-state index in [0.29, 0.717) is 5.92 Å². The van der Waals surface area contributed by atoms with Crippen molar-refractivity contribution >= 4 is 5.96 Å². The van der Waals surface area contributed by atoms with Gasteiger partial charge in [0, 0.05) is 37.7 Å². The van der Waals surface area contributed by atoms with Crippen LogP contribution in [0.2, 0.25) is 0 Å². The SMILES string of the molecule is CCNC(=NCC1CCCOC1C(C)(C)C)NCCc1c(C)noc1C. The van der Waals surface area contributed by atoms with Crippen LogP contribution in [0.25, 0.3) is 0 Å². The first kappa shape index (κ1) is 20.7. The molecule has 1 saturated heterocycles. The summed E-state index contributed by atoms with van der Waals surface area (Å²) in [7, 11) is 0. The third-order valence-electron chi connectivity index (χ3n) is 4.98. The lowest BCUT2D eigenvalue weighted by Crippen LogP contribution is -2.43. The smallest absolute Gasteiger partial charge is 0.191 e. The first-order valence-corrected chi connectivity index (χ1v) is 9.88. The molecule has 0 aromatic carbocycles. The number of rotatable bonds is 6. The summed E-state index contributed by atoms with van der Waals surface area (Å²) in [5.41, 5.74) is 2.30. The van der Waals surface area contributed by atoms with Gasteiger partial charge in [0.05, 0.1) is 11.8 Å². The van der Waals surface area contributed by atoms with Gasteiger partial charge in [-0.15, -0.1) is 0 Å². The molecule has 2 N–H and O–H groups in total. The van der Waals surface area contributed by atoms with Crippen LogP contribution in [0.5, 0.6) is 0 Å². The molecule has 26 heavy (non-hydrogen) atoms. The average Bonchev–Trinajstić information content (AvgIpc) is 2.91. The second-order valence-corrected chi connectivity index (χ2v) is 8.26. The van der Waals surface area contributed by atoms with Gasteiger partial charge in [-0.2, -0.15) is 0 Å². The molecule has 1 aliphatic rings. The first-order chi connectivity index (χ1) is 12.3. The molecule has 1 aromatic rings. The van der Waals surface area contributed by atoms with Gasteiger partial charge in [0.1, 0.15) is 5.76 Å². The number of aryl methyl sites for hydroxylation is 2. The van der Waals surface area contributed by atoms with E-state index in [1.54, 1.807) is 0 Å². The number of hydrogen-bond donors (Lipinski definition) is 2. The number of guanidine groups is 1. The van der Waals surface area contributed by atoms with E-state index in [2.05, 4.69) is 43.5 Å². The summed E-state index contributed by atoms with van der Waals surface area (Å²) in [6.07, 6.45) is 3.46. The van der Waals surface area contributed by atoms with Gasteiger partial charge in [-0.1, -0.05) is 25.9 Å². The van der Waals surface area contributed by atoms with Crippen LogP contribution in [0, 0.1) is 25.2 Å². The van der Waals surface area contributed by atoms with Gasteiger partial charge < -0.3 is 19.9 Å². The van der Waals surface area contributed by atoms with Gasteiger partial charge in [0.15, 0.2) is 5.96 Å². The largest absolute Gasteiger partial charge is 0.377 e. The normalized spacial score (nSPS) is 21.7. The third-order valence-corrected chi connectivity index (χ3v) is 4.98. The fraction of sp³-hybridized carbons (Fsp3) is 0.800. The van der Waals surface area contributed by atoms with Gasteiger partial charge >= 0.3 is 0 Å². The Hall–Kier alpha value is -1.56. The Morgan fingerprint density at radius 1 is 1.27 bits per heavy atom. The van der Waals surface area contributed by atoms with Gasteiger partial charge in [0.25, 0.3) is 0 Å². The first-order valence-electron chi connectivity index (χ1n) is 9.88. The lowest BCUT2D eigenvalue weighted by molar-refractivity contribution is -0.0823. The molecule has 148 valence electrons. The summed E-state index contributed by atoms with van der Waals surface area (Å²) >= 11 is 0. The van der Waals surface area contributed by atoms with E-state index >= 15 is 0 Å². The summed E-state index contributed by atoms with van der Waals surface area (Å²) in [6, 6.07) is 0. The van der Waals surface area contributed by atoms with Gasteiger partial charge in [-0.25, -0.2) is 0 Å². The zero-order valence-corrected chi connectivity index (χ0v) is 17.3. The maximum Gasteiger partial charge on any atom is 0.191 e. The van der Waals surface area contributed by atoms with Crippen LogP contribution in [-0.2, 0) is 11.2 Å². The van der Waals surface area contributed by atoms with Crippen LogP contribution in [0.4, 0.5) is 0 Å². The van der Waals surface area contributed by atoms with Crippen molar-refractivity contribution in [3.8, 4) is 0 Å². The molecule has 2 rings (SSSR count). The molecule has 2 heterocycles. The molecule has 2 atom stereocenters. The Kier molecular flexibility index (Phi) is 7.50. The van der Waals surface area contributed by atoms with Crippen molar-refractivity contribution in [1.82, 2.24) is 15.8 Å². The van der Waals surface area contributed by atoms with Gasteiger partial charge in [-0.05, 0) is 45.4 Å². The minimum absolute atomic E-state index is 0.149. The molecular weight excluding hydrogens is 328 g/mol. The summed E-state index contributed by atoms with van der Waals surface area (Å²) in [4.78, 5) is 4.84.